The van der Waals surface area contributed by atoms with E-state index < -0.39 is 39.8 Å². The minimum absolute atomic E-state index is 0. The second kappa shape index (κ2) is 6.96. The van der Waals surface area contributed by atoms with E-state index in [1.165, 1.54) is 6.07 Å². The quantitative estimate of drug-likeness (QED) is 0.434. The standard InChI is InChI=1S/C9H9N3O7.H3N/c13-4-6(9(14)15)10-5-2-1-3-7(11(16)17)8(5)12(18)19;/h1-3,6,10,13H,4H2,(H,14,15);1H3/p+1. The van der Waals surface area contributed by atoms with Gasteiger partial charge in [0.1, 0.15) is 11.7 Å². The van der Waals surface area contributed by atoms with Crippen LogP contribution < -0.4 is 11.5 Å². The van der Waals surface area contributed by atoms with Gasteiger partial charge in [-0.1, -0.05) is 6.07 Å². The smallest absolute Gasteiger partial charge is 0.368 e. The van der Waals surface area contributed by atoms with Crippen LogP contribution in [0.2, 0.25) is 0 Å². The molecule has 1 aromatic carbocycles. The van der Waals surface area contributed by atoms with Crippen LogP contribution in [0.5, 0.6) is 0 Å². The molecule has 1 atom stereocenters. The molecule has 0 fully saturated rings. The molecular weight excluding hydrogens is 276 g/mol. The molecule has 0 spiro atoms. The highest BCUT2D eigenvalue weighted by molar-refractivity contribution is 5.81. The number of benzene rings is 1. The third-order valence-corrected chi connectivity index (χ3v) is 2.20. The highest BCUT2D eigenvalue weighted by Gasteiger charge is 2.30. The average molecular weight is 289 g/mol. The van der Waals surface area contributed by atoms with Crippen LogP contribution >= 0.6 is 0 Å². The van der Waals surface area contributed by atoms with Gasteiger partial charge in [-0.15, -0.1) is 0 Å². The molecule has 110 valence electrons. The Morgan fingerprint density at radius 2 is 1.90 bits per heavy atom. The van der Waals surface area contributed by atoms with Gasteiger partial charge < -0.3 is 21.7 Å². The van der Waals surface area contributed by atoms with E-state index in [1.54, 1.807) is 0 Å². The molecule has 1 rings (SSSR count). The van der Waals surface area contributed by atoms with Gasteiger partial charge in [-0.2, -0.15) is 0 Å². The largest absolute Gasteiger partial charge is 0.480 e. The van der Waals surface area contributed by atoms with E-state index in [4.69, 9.17) is 10.2 Å². The zero-order valence-electron chi connectivity index (χ0n) is 10.3. The molecular formula is C9H13N4O7+. The molecule has 0 bridgehead atoms. The average Bonchev–Trinajstić information content (AvgIpc) is 2.34. The summed E-state index contributed by atoms with van der Waals surface area (Å²) in [5, 5.41) is 41.2. The first kappa shape index (κ1) is 17.2. The number of carboxylic acids is 1. The molecule has 0 aliphatic rings. The Bertz CT molecular complexity index is 533. The molecule has 20 heavy (non-hydrogen) atoms. The molecule has 0 radical (unpaired) electrons. The summed E-state index contributed by atoms with van der Waals surface area (Å²) in [4.78, 5) is 30.3. The zero-order valence-corrected chi connectivity index (χ0v) is 10.3. The lowest BCUT2D eigenvalue weighted by Gasteiger charge is -2.12. The predicted octanol–water partition coefficient (Wildman–Crippen LogP) is 0.737. The fourth-order valence-electron chi connectivity index (χ4n) is 1.36. The van der Waals surface area contributed by atoms with Crippen LogP contribution in [0.15, 0.2) is 18.2 Å². The number of carboxylic acid groups (broad SMARTS) is 1. The van der Waals surface area contributed by atoms with E-state index in [0.29, 0.717) is 0 Å². The third-order valence-electron chi connectivity index (χ3n) is 2.20. The lowest BCUT2D eigenvalue weighted by molar-refractivity contribution is -0.421. The first-order valence-electron chi connectivity index (χ1n) is 4.90. The molecule has 0 saturated heterocycles. The second-order valence-corrected chi connectivity index (χ2v) is 3.41. The molecule has 7 N–H and O–H groups in total. The van der Waals surface area contributed by atoms with Crippen molar-refractivity contribution in [2.75, 3.05) is 11.9 Å². The lowest BCUT2D eigenvalue weighted by Crippen LogP contribution is -2.33. The Morgan fingerprint density at radius 3 is 2.30 bits per heavy atom. The number of rotatable bonds is 6. The van der Waals surface area contributed by atoms with E-state index in [1.807, 2.05) is 0 Å². The number of carbonyl (C=O) groups is 1. The van der Waals surface area contributed by atoms with Crippen LogP contribution in [0, 0.1) is 20.2 Å². The Labute approximate surface area is 111 Å². The molecule has 11 nitrogen and oxygen atoms in total. The van der Waals surface area contributed by atoms with Crippen LogP contribution in [0.3, 0.4) is 0 Å². The normalized spacial score (nSPS) is 11.1. The van der Waals surface area contributed by atoms with Gasteiger partial charge in [0.05, 0.1) is 16.5 Å². The first-order valence-corrected chi connectivity index (χ1v) is 4.90. The van der Waals surface area contributed by atoms with E-state index in [-0.39, 0.29) is 11.8 Å². The number of nitro groups is 2. The monoisotopic (exact) mass is 289 g/mol. The van der Waals surface area contributed by atoms with Crippen LogP contribution in [-0.4, -0.2) is 38.7 Å². The highest BCUT2D eigenvalue weighted by atomic mass is 16.6. The fourth-order valence-corrected chi connectivity index (χ4v) is 1.36. The highest BCUT2D eigenvalue weighted by Crippen LogP contribution is 2.34. The number of nitrogens with one attached hydrogen (secondary N) is 1. The Balaban J connectivity index is 0.00000361. The summed E-state index contributed by atoms with van der Waals surface area (Å²) in [7, 11) is 0. The summed E-state index contributed by atoms with van der Waals surface area (Å²) < 4.78 is 0. The molecule has 11 heteroatoms. The molecule has 1 unspecified atom stereocenters. The van der Waals surface area contributed by atoms with Gasteiger partial charge in [0.2, 0.25) is 0 Å². The van der Waals surface area contributed by atoms with Crippen LogP contribution in [0.25, 0.3) is 0 Å². The van der Waals surface area contributed by atoms with E-state index in [9.17, 15) is 25.0 Å². The summed E-state index contributed by atoms with van der Waals surface area (Å²) in [6.45, 7) is -0.824. The number of hydrogen-bond acceptors (Lipinski definition) is 7. The molecule has 0 heterocycles. The second-order valence-electron chi connectivity index (χ2n) is 3.41. The number of nitro benzene ring substituents is 2. The van der Waals surface area contributed by atoms with Gasteiger partial charge in [-0.05, 0) is 6.07 Å². The summed E-state index contributed by atoms with van der Waals surface area (Å²) in [6.07, 6.45) is 0. The first-order chi connectivity index (χ1) is 8.88. The maximum atomic E-state index is 10.8. The van der Waals surface area contributed by atoms with Crippen molar-refractivity contribution in [3.63, 3.8) is 0 Å². The van der Waals surface area contributed by atoms with Crippen molar-refractivity contribution in [1.82, 2.24) is 6.15 Å². The SMILES string of the molecule is O=C(O)C(CO)Nc1cccc([N+](=O)[O-])c1[N+](=O)[O-].[NH4+]. The maximum Gasteiger partial charge on any atom is 0.368 e. The molecule has 0 saturated carbocycles. The molecule has 1 aromatic rings. The number of aliphatic carboxylic acids is 1. The van der Waals surface area contributed by atoms with Crippen molar-refractivity contribution in [3.8, 4) is 0 Å². The van der Waals surface area contributed by atoms with Crippen molar-refractivity contribution in [2.24, 2.45) is 0 Å². The lowest BCUT2D eigenvalue weighted by atomic mass is 10.2. The number of para-hydroxylation sites is 1. The zero-order chi connectivity index (χ0) is 14.6. The summed E-state index contributed by atoms with van der Waals surface area (Å²) >= 11 is 0. The number of hydrogen-bond donors (Lipinski definition) is 4. The minimum atomic E-state index is -1.50. The molecule has 0 aliphatic carbocycles. The molecule has 0 aromatic heterocycles. The topological polar surface area (TPSA) is 192 Å². The fraction of sp³-hybridized carbons (Fsp3) is 0.222. The van der Waals surface area contributed by atoms with E-state index >= 15 is 0 Å². The Kier molecular flexibility index (Phi) is 5.99. The third kappa shape index (κ3) is 3.60. The van der Waals surface area contributed by atoms with Crippen molar-refractivity contribution < 1.29 is 24.9 Å². The molecule has 0 amide bonds. The van der Waals surface area contributed by atoms with Gasteiger partial charge in [0.15, 0.2) is 0 Å². The summed E-state index contributed by atoms with van der Waals surface area (Å²) in [6, 6.07) is 1.72. The van der Waals surface area contributed by atoms with E-state index in [2.05, 4.69) is 5.32 Å². The van der Waals surface area contributed by atoms with Gasteiger partial charge in [-0.3, -0.25) is 20.2 Å². The number of aliphatic hydroxyl groups is 1. The van der Waals surface area contributed by atoms with Gasteiger partial charge in [0.25, 0.3) is 0 Å². The van der Waals surface area contributed by atoms with Crippen molar-refractivity contribution in [2.45, 2.75) is 6.04 Å². The Hall–Kier alpha value is -2.79. The Morgan fingerprint density at radius 1 is 1.30 bits per heavy atom. The van der Waals surface area contributed by atoms with Crippen molar-refractivity contribution in [1.29, 1.82) is 0 Å². The minimum Gasteiger partial charge on any atom is -0.480 e. The number of nitrogens with zero attached hydrogens (tertiary/aromatic N) is 2. The van der Waals surface area contributed by atoms with Crippen LogP contribution in [0.1, 0.15) is 0 Å². The van der Waals surface area contributed by atoms with E-state index in [0.717, 1.165) is 12.1 Å². The predicted molar refractivity (Wildman–Crippen MR) is 67.9 cm³/mol. The summed E-state index contributed by atoms with van der Waals surface area (Å²) in [5.41, 5.74) is -1.97. The van der Waals surface area contributed by atoms with Crippen molar-refractivity contribution in [3.05, 3.63) is 38.4 Å². The van der Waals surface area contributed by atoms with Crippen LogP contribution in [-0.2, 0) is 4.79 Å². The number of quaternary nitrogens is 1. The van der Waals surface area contributed by atoms with Gasteiger partial charge in [-0.25, -0.2) is 4.79 Å². The molecule has 0 aliphatic heterocycles. The number of aliphatic hydroxyl groups excluding tert-OH is 1. The maximum absolute atomic E-state index is 10.8. The number of anilines is 1. The van der Waals surface area contributed by atoms with Gasteiger partial charge >= 0.3 is 17.3 Å². The van der Waals surface area contributed by atoms with Crippen molar-refractivity contribution >= 4 is 23.0 Å². The van der Waals surface area contributed by atoms with Gasteiger partial charge in [0, 0.05) is 6.07 Å². The van der Waals surface area contributed by atoms with Crippen LogP contribution in [0.4, 0.5) is 17.1 Å². The summed E-state index contributed by atoms with van der Waals surface area (Å²) in [5.74, 6) is -1.44.